The number of rotatable bonds is 2. The Balaban J connectivity index is 2.16. The van der Waals surface area contributed by atoms with E-state index in [0.717, 1.165) is 0 Å². The molecule has 128 valence electrons. The molecule has 0 aliphatic carbocycles. The minimum atomic E-state index is -3.15. The first-order valence-corrected chi connectivity index (χ1v) is 9.59. The van der Waals surface area contributed by atoms with Gasteiger partial charge in [0.15, 0.2) is 0 Å². The molecule has 2 heterocycles. The number of nitrogens with zero attached hydrogens (tertiary/aromatic N) is 2. The maximum absolute atomic E-state index is 12.0. The summed E-state index contributed by atoms with van der Waals surface area (Å²) < 4.78 is 25.5. The Kier molecular flexibility index (Phi) is 4.63. The van der Waals surface area contributed by atoms with Gasteiger partial charge in [-0.1, -0.05) is 0 Å². The first-order chi connectivity index (χ1) is 10.0. The van der Waals surface area contributed by atoms with Gasteiger partial charge < -0.3 is 10.0 Å². The second kappa shape index (κ2) is 5.76. The van der Waals surface area contributed by atoms with Crippen molar-refractivity contribution in [1.82, 2.24) is 9.21 Å². The van der Waals surface area contributed by atoms with Gasteiger partial charge in [0.2, 0.25) is 15.9 Å². The molecule has 6 nitrogen and oxygen atoms in total. The quantitative estimate of drug-likeness (QED) is 0.812. The summed E-state index contributed by atoms with van der Waals surface area (Å²) in [6, 6.07) is 0. The molecule has 1 atom stereocenters. The van der Waals surface area contributed by atoms with Gasteiger partial charge >= 0.3 is 0 Å². The average molecular weight is 332 g/mol. The fourth-order valence-electron chi connectivity index (χ4n) is 3.74. The Morgan fingerprint density at radius 3 is 2.27 bits per heavy atom. The molecule has 0 aromatic carbocycles. The number of piperidine rings is 2. The number of aliphatic hydroxyl groups is 1. The van der Waals surface area contributed by atoms with Gasteiger partial charge in [-0.2, -0.15) is 0 Å². The highest BCUT2D eigenvalue weighted by atomic mass is 32.2. The number of carbonyl (C=O) groups excluding carboxylic acids is 1. The van der Waals surface area contributed by atoms with Crippen molar-refractivity contribution in [3.05, 3.63) is 0 Å². The molecule has 7 heteroatoms. The molecule has 1 unspecified atom stereocenters. The van der Waals surface area contributed by atoms with Crippen LogP contribution in [0.15, 0.2) is 0 Å². The zero-order valence-electron chi connectivity index (χ0n) is 14.0. The number of hydrogen-bond donors (Lipinski definition) is 1. The summed E-state index contributed by atoms with van der Waals surface area (Å²) in [7, 11) is -3.15. The van der Waals surface area contributed by atoms with Gasteiger partial charge in [-0.15, -0.1) is 0 Å². The number of hydrogen-bond acceptors (Lipinski definition) is 4. The molecule has 22 heavy (non-hydrogen) atoms. The fraction of sp³-hybridized carbons (Fsp3) is 0.933. The Hall–Kier alpha value is -0.660. The van der Waals surface area contributed by atoms with Crippen LogP contribution < -0.4 is 0 Å². The molecular formula is C15H28N2O4S. The van der Waals surface area contributed by atoms with E-state index < -0.39 is 21.7 Å². The van der Waals surface area contributed by atoms with Crippen LogP contribution in [0.5, 0.6) is 0 Å². The lowest BCUT2D eigenvalue weighted by molar-refractivity contribution is -0.156. The van der Waals surface area contributed by atoms with Gasteiger partial charge in [-0.05, 0) is 45.4 Å². The van der Waals surface area contributed by atoms with Crippen LogP contribution in [0.2, 0.25) is 0 Å². The molecule has 1 spiro atoms. The van der Waals surface area contributed by atoms with Gasteiger partial charge in [0.25, 0.3) is 0 Å². The monoisotopic (exact) mass is 332 g/mol. The van der Waals surface area contributed by atoms with Crippen molar-refractivity contribution in [2.24, 2.45) is 5.41 Å². The number of amides is 1. The van der Waals surface area contributed by atoms with E-state index in [1.54, 1.807) is 16.1 Å². The molecule has 2 aliphatic rings. The van der Waals surface area contributed by atoms with E-state index in [2.05, 4.69) is 0 Å². The van der Waals surface area contributed by atoms with Gasteiger partial charge in [0.1, 0.15) is 0 Å². The molecule has 2 saturated heterocycles. The summed E-state index contributed by atoms with van der Waals surface area (Å²) in [6.45, 7) is 8.54. The van der Waals surface area contributed by atoms with Gasteiger partial charge in [-0.3, -0.25) is 4.79 Å². The summed E-state index contributed by atoms with van der Waals surface area (Å²) >= 11 is 0. The van der Waals surface area contributed by atoms with Crippen LogP contribution in [0.1, 0.15) is 47.0 Å². The molecule has 0 radical (unpaired) electrons. The van der Waals surface area contributed by atoms with Crippen LogP contribution in [-0.4, -0.2) is 65.7 Å². The number of likely N-dealkylation sites (tertiary alicyclic amines) is 1. The van der Waals surface area contributed by atoms with Gasteiger partial charge in [-0.25, -0.2) is 12.7 Å². The summed E-state index contributed by atoms with van der Waals surface area (Å²) in [5, 5.41) is 10.5. The lowest BCUT2D eigenvalue weighted by atomic mass is 9.67. The molecule has 2 rings (SSSR count). The van der Waals surface area contributed by atoms with Gasteiger partial charge in [0, 0.05) is 26.6 Å². The van der Waals surface area contributed by atoms with E-state index in [9.17, 15) is 18.3 Å². The zero-order chi connectivity index (χ0) is 16.8. The summed E-state index contributed by atoms with van der Waals surface area (Å²) in [5.74, 6) is 0.0848. The van der Waals surface area contributed by atoms with Crippen molar-refractivity contribution in [2.45, 2.75) is 58.6 Å². The number of sulfonamides is 1. The van der Waals surface area contributed by atoms with Crippen LogP contribution in [0, 0.1) is 5.41 Å². The summed E-state index contributed by atoms with van der Waals surface area (Å²) in [5.41, 5.74) is -0.732. The van der Waals surface area contributed by atoms with Gasteiger partial charge in [0.05, 0.1) is 17.4 Å². The number of aliphatic hydroxyl groups excluding tert-OH is 1. The first kappa shape index (κ1) is 17.7. The molecule has 2 fully saturated rings. The normalized spacial score (nSPS) is 28.8. The Labute approximate surface area is 133 Å². The third-order valence-corrected chi connectivity index (χ3v) is 7.43. The highest BCUT2D eigenvalue weighted by Crippen LogP contribution is 2.45. The van der Waals surface area contributed by atoms with Crippen molar-refractivity contribution in [3.8, 4) is 0 Å². The van der Waals surface area contributed by atoms with E-state index in [1.807, 2.05) is 13.8 Å². The van der Waals surface area contributed by atoms with Crippen LogP contribution >= 0.6 is 0 Å². The van der Waals surface area contributed by atoms with Crippen LogP contribution in [0.4, 0.5) is 0 Å². The third-order valence-electron chi connectivity index (χ3n) is 5.55. The highest BCUT2D eigenvalue weighted by Gasteiger charge is 2.50. The van der Waals surface area contributed by atoms with E-state index in [-0.39, 0.29) is 17.1 Å². The lowest BCUT2D eigenvalue weighted by Crippen LogP contribution is -2.64. The smallest absolute Gasteiger partial charge is 0.219 e. The minimum absolute atomic E-state index is 0.0354. The SMILES string of the molecule is CCS(=O)(=O)N1CCC2(CC1)CC(O)C(C)(C)N(C(C)=O)C2. The predicted molar refractivity (Wildman–Crippen MR) is 84.8 cm³/mol. The standard InChI is InChI=1S/C15H28N2O4S/c1-5-22(20,21)16-8-6-15(7-9-16)10-13(19)14(3,4)17(11-15)12(2)18/h13,19H,5-11H2,1-4H3. The van der Waals surface area contributed by atoms with Crippen molar-refractivity contribution in [1.29, 1.82) is 0 Å². The lowest BCUT2D eigenvalue weighted by Gasteiger charge is -2.55. The minimum Gasteiger partial charge on any atom is -0.391 e. The van der Waals surface area contributed by atoms with Crippen molar-refractivity contribution >= 4 is 15.9 Å². The maximum Gasteiger partial charge on any atom is 0.219 e. The third kappa shape index (κ3) is 3.03. The molecule has 2 aliphatic heterocycles. The second-order valence-corrected chi connectivity index (χ2v) is 9.54. The Morgan fingerprint density at radius 2 is 1.82 bits per heavy atom. The molecular weight excluding hydrogens is 304 g/mol. The summed E-state index contributed by atoms with van der Waals surface area (Å²) in [4.78, 5) is 13.7. The molecule has 0 aromatic heterocycles. The highest BCUT2D eigenvalue weighted by molar-refractivity contribution is 7.89. The fourth-order valence-corrected chi connectivity index (χ4v) is 4.85. The first-order valence-electron chi connectivity index (χ1n) is 7.98. The molecule has 1 N–H and O–H groups in total. The van der Waals surface area contributed by atoms with E-state index in [1.165, 1.54) is 6.92 Å². The van der Waals surface area contributed by atoms with Crippen molar-refractivity contribution in [3.63, 3.8) is 0 Å². The molecule has 0 bridgehead atoms. The van der Waals surface area contributed by atoms with Crippen molar-refractivity contribution in [2.75, 3.05) is 25.4 Å². The van der Waals surface area contributed by atoms with Crippen LogP contribution in [-0.2, 0) is 14.8 Å². The predicted octanol–water partition coefficient (Wildman–Crippen LogP) is 0.810. The zero-order valence-corrected chi connectivity index (χ0v) is 14.8. The Morgan fingerprint density at radius 1 is 1.27 bits per heavy atom. The van der Waals surface area contributed by atoms with E-state index >= 15 is 0 Å². The average Bonchev–Trinajstić information content (AvgIpc) is 2.43. The topological polar surface area (TPSA) is 77.9 Å². The second-order valence-electron chi connectivity index (χ2n) is 7.28. The van der Waals surface area contributed by atoms with E-state index in [0.29, 0.717) is 38.9 Å². The van der Waals surface area contributed by atoms with Crippen LogP contribution in [0.25, 0.3) is 0 Å². The van der Waals surface area contributed by atoms with Crippen LogP contribution in [0.3, 0.4) is 0 Å². The maximum atomic E-state index is 12.0. The Bertz CT molecular complexity index is 536. The van der Waals surface area contributed by atoms with Crippen molar-refractivity contribution < 1.29 is 18.3 Å². The molecule has 1 amide bonds. The largest absolute Gasteiger partial charge is 0.391 e. The summed E-state index contributed by atoms with van der Waals surface area (Å²) in [6.07, 6.45) is 1.44. The molecule has 0 aromatic rings. The molecule has 0 saturated carbocycles. The van der Waals surface area contributed by atoms with E-state index in [4.69, 9.17) is 0 Å². The number of carbonyl (C=O) groups is 1.